The van der Waals surface area contributed by atoms with Gasteiger partial charge in [0.15, 0.2) is 0 Å². The zero-order valence-electron chi connectivity index (χ0n) is 10.4. The zero-order valence-corrected chi connectivity index (χ0v) is 10.4. The molecule has 0 aromatic heterocycles. The van der Waals surface area contributed by atoms with Crippen LogP contribution in [-0.4, -0.2) is 11.7 Å². The summed E-state index contributed by atoms with van der Waals surface area (Å²) in [6.45, 7) is 3.49. The van der Waals surface area contributed by atoms with Crippen molar-refractivity contribution in [3.63, 3.8) is 0 Å². The van der Waals surface area contributed by atoms with Crippen molar-refractivity contribution in [2.75, 3.05) is 6.54 Å². The molecular formula is C15H21NO. The summed E-state index contributed by atoms with van der Waals surface area (Å²) in [5.41, 5.74) is 2.72. The number of phenolic OH excluding ortho intramolecular Hbond substituents is 1. The van der Waals surface area contributed by atoms with Gasteiger partial charge >= 0.3 is 0 Å². The second-order valence-electron chi connectivity index (χ2n) is 5.70. The maximum absolute atomic E-state index is 9.46. The Labute approximate surface area is 103 Å². The molecule has 2 unspecified atom stereocenters. The van der Waals surface area contributed by atoms with Gasteiger partial charge in [0.25, 0.3) is 0 Å². The van der Waals surface area contributed by atoms with Gasteiger partial charge in [-0.05, 0) is 67.3 Å². The van der Waals surface area contributed by atoms with E-state index in [0.717, 1.165) is 24.8 Å². The van der Waals surface area contributed by atoms with Gasteiger partial charge in [-0.1, -0.05) is 13.0 Å². The van der Waals surface area contributed by atoms with Crippen LogP contribution in [0.4, 0.5) is 0 Å². The van der Waals surface area contributed by atoms with Gasteiger partial charge in [0.2, 0.25) is 0 Å². The van der Waals surface area contributed by atoms with Crippen LogP contribution < -0.4 is 5.32 Å². The molecule has 1 aromatic carbocycles. The molecule has 1 fully saturated rings. The maximum atomic E-state index is 9.46. The van der Waals surface area contributed by atoms with Crippen LogP contribution in [0, 0.1) is 11.8 Å². The van der Waals surface area contributed by atoms with Crippen molar-refractivity contribution in [1.82, 2.24) is 5.32 Å². The van der Waals surface area contributed by atoms with Gasteiger partial charge in [0.05, 0.1) is 0 Å². The quantitative estimate of drug-likeness (QED) is 0.835. The fourth-order valence-electron chi connectivity index (χ4n) is 2.98. The summed E-state index contributed by atoms with van der Waals surface area (Å²) in [5.74, 6) is 2.19. The second kappa shape index (κ2) is 4.34. The van der Waals surface area contributed by atoms with Crippen molar-refractivity contribution in [2.24, 2.45) is 11.8 Å². The molecule has 0 bridgehead atoms. The highest BCUT2D eigenvalue weighted by atomic mass is 16.3. The Kier molecular flexibility index (Phi) is 2.83. The molecule has 2 N–H and O–H groups in total. The lowest BCUT2D eigenvalue weighted by atomic mass is 10.0. The molecule has 2 aliphatic rings. The van der Waals surface area contributed by atoms with Crippen molar-refractivity contribution >= 4 is 0 Å². The fraction of sp³-hybridized carbons (Fsp3) is 0.600. The van der Waals surface area contributed by atoms with E-state index in [1.54, 1.807) is 0 Å². The molecule has 0 spiro atoms. The number of rotatable bonds is 4. The molecule has 92 valence electrons. The number of hydrogen-bond acceptors (Lipinski definition) is 2. The van der Waals surface area contributed by atoms with E-state index >= 15 is 0 Å². The Bertz CT molecular complexity index is 411. The summed E-state index contributed by atoms with van der Waals surface area (Å²) in [4.78, 5) is 0. The molecule has 0 heterocycles. The number of benzene rings is 1. The zero-order chi connectivity index (χ0) is 11.8. The Morgan fingerprint density at radius 1 is 1.35 bits per heavy atom. The van der Waals surface area contributed by atoms with Crippen molar-refractivity contribution in [2.45, 2.75) is 38.6 Å². The largest absolute Gasteiger partial charge is 0.508 e. The van der Waals surface area contributed by atoms with E-state index in [-0.39, 0.29) is 0 Å². The molecule has 0 aliphatic heterocycles. The Balaban J connectivity index is 1.62. The van der Waals surface area contributed by atoms with E-state index in [9.17, 15) is 5.11 Å². The normalized spacial score (nSPS) is 24.6. The van der Waals surface area contributed by atoms with Crippen molar-refractivity contribution in [3.05, 3.63) is 29.3 Å². The number of fused-ring (bicyclic) bond motifs is 1. The average Bonchev–Trinajstić information content (AvgIpc) is 3.08. The average molecular weight is 231 g/mol. The molecule has 2 atom stereocenters. The number of aryl methyl sites for hydroxylation is 1. The van der Waals surface area contributed by atoms with Crippen LogP contribution >= 0.6 is 0 Å². The van der Waals surface area contributed by atoms with Gasteiger partial charge in [-0.25, -0.2) is 0 Å². The molecule has 2 nitrogen and oxygen atoms in total. The third kappa shape index (κ3) is 2.32. The molecule has 1 aromatic rings. The Morgan fingerprint density at radius 2 is 2.18 bits per heavy atom. The molecular weight excluding hydrogens is 210 g/mol. The van der Waals surface area contributed by atoms with E-state index in [1.807, 2.05) is 12.1 Å². The third-order valence-corrected chi connectivity index (χ3v) is 4.32. The first-order chi connectivity index (χ1) is 8.24. The molecule has 0 saturated heterocycles. The van der Waals surface area contributed by atoms with E-state index in [2.05, 4.69) is 18.3 Å². The van der Waals surface area contributed by atoms with Gasteiger partial charge in [-0.2, -0.15) is 0 Å². The van der Waals surface area contributed by atoms with Crippen molar-refractivity contribution in [1.29, 1.82) is 0 Å². The Morgan fingerprint density at radius 3 is 2.94 bits per heavy atom. The lowest BCUT2D eigenvalue weighted by Gasteiger charge is -2.17. The summed E-state index contributed by atoms with van der Waals surface area (Å²) in [7, 11) is 0. The van der Waals surface area contributed by atoms with Crippen LogP contribution in [0.1, 0.15) is 43.4 Å². The molecule has 2 aliphatic carbocycles. The summed E-state index contributed by atoms with van der Waals surface area (Å²) in [6.07, 6.45) is 5.13. The van der Waals surface area contributed by atoms with Gasteiger partial charge < -0.3 is 10.4 Å². The molecule has 0 amide bonds. The molecule has 0 radical (unpaired) electrons. The fourth-order valence-corrected chi connectivity index (χ4v) is 2.98. The topological polar surface area (TPSA) is 32.3 Å². The van der Waals surface area contributed by atoms with Crippen LogP contribution in [0.25, 0.3) is 0 Å². The van der Waals surface area contributed by atoms with E-state index in [1.165, 1.54) is 30.4 Å². The lowest BCUT2D eigenvalue weighted by Crippen LogP contribution is -2.25. The van der Waals surface area contributed by atoms with E-state index in [0.29, 0.717) is 11.8 Å². The highest BCUT2D eigenvalue weighted by Gasteiger charge is 2.29. The number of aromatic hydroxyl groups is 1. The summed E-state index contributed by atoms with van der Waals surface area (Å²) >= 11 is 0. The molecule has 3 rings (SSSR count). The van der Waals surface area contributed by atoms with Gasteiger partial charge in [-0.3, -0.25) is 0 Å². The first-order valence-electron chi connectivity index (χ1n) is 6.79. The van der Waals surface area contributed by atoms with Gasteiger partial charge in [0, 0.05) is 6.04 Å². The second-order valence-corrected chi connectivity index (χ2v) is 5.70. The predicted molar refractivity (Wildman–Crippen MR) is 69.1 cm³/mol. The summed E-state index contributed by atoms with van der Waals surface area (Å²) in [5, 5.41) is 13.2. The number of nitrogens with one attached hydrogen (secondary N) is 1. The standard InChI is InChI=1S/C15H21NO/c1-10(11-2-3-11)9-16-15-7-4-12-8-13(17)5-6-14(12)15/h5-6,8,10-11,15-17H,2-4,7,9H2,1H3. The minimum Gasteiger partial charge on any atom is -0.508 e. The summed E-state index contributed by atoms with van der Waals surface area (Å²) in [6, 6.07) is 6.31. The van der Waals surface area contributed by atoms with Crippen LogP contribution in [0.2, 0.25) is 0 Å². The third-order valence-electron chi connectivity index (χ3n) is 4.32. The monoisotopic (exact) mass is 231 g/mol. The van der Waals surface area contributed by atoms with Gasteiger partial charge in [-0.15, -0.1) is 0 Å². The summed E-state index contributed by atoms with van der Waals surface area (Å²) < 4.78 is 0. The molecule has 2 heteroatoms. The van der Waals surface area contributed by atoms with Crippen molar-refractivity contribution < 1.29 is 5.11 Å². The minimum atomic E-state index is 0.399. The maximum Gasteiger partial charge on any atom is 0.115 e. The van der Waals surface area contributed by atoms with Crippen LogP contribution in [-0.2, 0) is 6.42 Å². The lowest BCUT2D eigenvalue weighted by molar-refractivity contribution is 0.418. The SMILES string of the molecule is CC(CNC1CCc2cc(O)ccc21)C1CC1. The first-order valence-corrected chi connectivity index (χ1v) is 6.79. The molecule has 1 saturated carbocycles. The highest BCUT2D eigenvalue weighted by Crippen LogP contribution is 2.37. The van der Waals surface area contributed by atoms with Gasteiger partial charge in [0.1, 0.15) is 5.75 Å². The van der Waals surface area contributed by atoms with E-state index in [4.69, 9.17) is 0 Å². The number of hydrogen-bond donors (Lipinski definition) is 2. The van der Waals surface area contributed by atoms with Crippen LogP contribution in [0.15, 0.2) is 18.2 Å². The van der Waals surface area contributed by atoms with E-state index < -0.39 is 0 Å². The highest BCUT2D eigenvalue weighted by molar-refractivity contribution is 5.40. The van der Waals surface area contributed by atoms with Crippen LogP contribution in [0.3, 0.4) is 0 Å². The van der Waals surface area contributed by atoms with Crippen molar-refractivity contribution in [3.8, 4) is 5.75 Å². The molecule has 17 heavy (non-hydrogen) atoms. The number of phenols is 1. The first kappa shape index (κ1) is 11.1. The smallest absolute Gasteiger partial charge is 0.115 e. The minimum absolute atomic E-state index is 0.399. The van der Waals surface area contributed by atoms with Crippen LogP contribution in [0.5, 0.6) is 5.75 Å². The predicted octanol–water partition coefficient (Wildman–Crippen LogP) is 3.02. The Hall–Kier alpha value is -1.02.